The van der Waals surface area contributed by atoms with Crippen LogP contribution >= 0.6 is 11.6 Å². The van der Waals surface area contributed by atoms with Crippen LogP contribution in [0.2, 0.25) is 5.02 Å². The molecule has 0 aromatic carbocycles. The number of nitrogens with zero attached hydrogens (tertiary/aromatic N) is 3. The predicted octanol–water partition coefficient (Wildman–Crippen LogP) is 1.73. The molecule has 0 fully saturated rings. The molecule has 0 saturated carbocycles. The second kappa shape index (κ2) is 3.15. The van der Waals surface area contributed by atoms with Crippen molar-refractivity contribution in [3.8, 4) is 0 Å². The third-order valence-electron chi connectivity index (χ3n) is 1.52. The molecule has 66 valence electrons. The van der Waals surface area contributed by atoms with E-state index in [0.717, 1.165) is 0 Å². The summed E-state index contributed by atoms with van der Waals surface area (Å²) in [6.45, 7) is 3.71. The molecule has 1 N–H and O–H groups in total. The molecule has 12 heavy (non-hydrogen) atoms. The molecule has 0 amide bonds. The van der Waals surface area contributed by atoms with Crippen LogP contribution in [-0.2, 0) is 5.54 Å². The van der Waals surface area contributed by atoms with Gasteiger partial charge in [0.25, 0.3) is 0 Å². The molecule has 0 bridgehead atoms. The van der Waals surface area contributed by atoms with Crippen molar-refractivity contribution in [2.75, 3.05) is 0 Å². The highest BCUT2D eigenvalue weighted by molar-refractivity contribution is 6.30. The minimum atomic E-state index is -0.456. The van der Waals surface area contributed by atoms with E-state index in [-0.39, 0.29) is 0 Å². The Morgan fingerprint density at radius 2 is 2.42 bits per heavy atom. The Kier molecular flexibility index (Phi) is 2.38. The molecule has 1 rings (SSSR count). The summed E-state index contributed by atoms with van der Waals surface area (Å²) in [5, 5.41) is 15.9. The number of rotatable bonds is 2. The van der Waals surface area contributed by atoms with Gasteiger partial charge in [-0.25, -0.2) is 0 Å². The van der Waals surface area contributed by atoms with Gasteiger partial charge in [-0.1, -0.05) is 16.8 Å². The smallest absolute Gasteiger partial charge is 0.0954 e. The summed E-state index contributed by atoms with van der Waals surface area (Å²) < 4.78 is 1.62. The molecule has 1 aromatic heterocycles. The van der Waals surface area contributed by atoms with Crippen molar-refractivity contribution in [1.82, 2.24) is 9.78 Å². The van der Waals surface area contributed by atoms with E-state index < -0.39 is 5.54 Å². The Hall–Kier alpha value is -1.03. The highest BCUT2D eigenvalue weighted by atomic mass is 35.5. The molecule has 5 heteroatoms. The lowest BCUT2D eigenvalue weighted by molar-refractivity contribution is 0.311. The minimum absolute atomic E-state index is 0.456. The quantitative estimate of drug-likeness (QED) is 0.436. The topological polar surface area (TPSA) is 50.4 Å². The standard InChI is InChI=1S/C7H10ClN3O/c1-7(2,5-10-12)11-4-6(8)3-9-11/h3-5,12H,1-2H3. The first kappa shape index (κ1) is 9.06. The summed E-state index contributed by atoms with van der Waals surface area (Å²) in [6.07, 6.45) is 4.59. The lowest BCUT2D eigenvalue weighted by Gasteiger charge is -2.18. The summed E-state index contributed by atoms with van der Waals surface area (Å²) in [6, 6.07) is 0. The lowest BCUT2D eigenvalue weighted by Crippen LogP contribution is -2.28. The molecule has 0 saturated heterocycles. The molecule has 1 aromatic rings. The lowest BCUT2D eigenvalue weighted by atomic mass is 10.1. The number of halogens is 1. The van der Waals surface area contributed by atoms with Crippen LogP contribution in [0, 0.1) is 0 Å². The van der Waals surface area contributed by atoms with Crippen molar-refractivity contribution in [3.63, 3.8) is 0 Å². The predicted molar refractivity (Wildman–Crippen MR) is 46.8 cm³/mol. The maximum Gasteiger partial charge on any atom is 0.0954 e. The zero-order valence-corrected chi connectivity index (χ0v) is 7.65. The average Bonchev–Trinajstić information content (AvgIpc) is 2.36. The van der Waals surface area contributed by atoms with Crippen molar-refractivity contribution in [1.29, 1.82) is 0 Å². The maximum atomic E-state index is 8.37. The third kappa shape index (κ3) is 1.76. The van der Waals surface area contributed by atoms with E-state index in [1.807, 2.05) is 13.8 Å². The highest BCUT2D eigenvalue weighted by Crippen LogP contribution is 2.14. The van der Waals surface area contributed by atoms with Gasteiger partial charge in [-0.2, -0.15) is 5.10 Å². The fraction of sp³-hybridized carbons (Fsp3) is 0.429. The van der Waals surface area contributed by atoms with Crippen LogP contribution < -0.4 is 0 Å². The van der Waals surface area contributed by atoms with Gasteiger partial charge in [-0.05, 0) is 13.8 Å². The van der Waals surface area contributed by atoms with Crippen LogP contribution in [-0.4, -0.2) is 21.2 Å². The van der Waals surface area contributed by atoms with Gasteiger partial charge in [0.15, 0.2) is 0 Å². The fourth-order valence-corrected chi connectivity index (χ4v) is 0.953. The second-order valence-corrected chi connectivity index (χ2v) is 3.44. The van der Waals surface area contributed by atoms with Gasteiger partial charge in [0, 0.05) is 6.20 Å². The largest absolute Gasteiger partial charge is 0.411 e. The molecular weight excluding hydrogens is 178 g/mol. The van der Waals surface area contributed by atoms with E-state index in [2.05, 4.69) is 10.3 Å². The zero-order chi connectivity index (χ0) is 9.19. The summed E-state index contributed by atoms with van der Waals surface area (Å²) in [4.78, 5) is 0. The van der Waals surface area contributed by atoms with Crippen LogP contribution in [0.25, 0.3) is 0 Å². The van der Waals surface area contributed by atoms with Gasteiger partial charge in [0.1, 0.15) is 0 Å². The van der Waals surface area contributed by atoms with E-state index in [9.17, 15) is 0 Å². The molecular formula is C7H10ClN3O. The van der Waals surface area contributed by atoms with Gasteiger partial charge < -0.3 is 5.21 Å². The van der Waals surface area contributed by atoms with Crippen LogP contribution in [0.4, 0.5) is 0 Å². The maximum absolute atomic E-state index is 8.37. The van der Waals surface area contributed by atoms with Gasteiger partial charge in [-0.3, -0.25) is 4.68 Å². The van der Waals surface area contributed by atoms with Crippen LogP contribution in [0.15, 0.2) is 17.5 Å². The average molecular weight is 188 g/mol. The van der Waals surface area contributed by atoms with Crippen LogP contribution in [0.1, 0.15) is 13.8 Å². The third-order valence-corrected chi connectivity index (χ3v) is 1.71. The molecule has 0 aliphatic carbocycles. The number of hydrogen-bond acceptors (Lipinski definition) is 3. The highest BCUT2D eigenvalue weighted by Gasteiger charge is 2.18. The monoisotopic (exact) mass is 187 g/mol. The van der Waals surface area contributed by atoms with Crippen molar-refractivity contribution >= 4 is 17.8 Å². The summed E-state index contributed by atoms with van der Waals surface area (Å²) >= 11 is 5.68. The first-order chi connectivity index (χ1) is 5.56. The Bertz CT molecular complexity index is 293. The SMILES string of the molecule is CC(C)(C=NO)n1cc(Cl)cn1. The molecule has 0 spiro atoms. The molecule has 0 radical (unpaired) electrons. The summed E-state index contributed by atoms with van der Waals surface area (Å²) in [5.74, 6) is 0. The van der Waals surface area contributed by atoms with Crippen molar-refractivity contribution < 1.29 is 5.21 Å². The van der Waals surface area contributed by atoms with Gasteiger partial charge in [0.05, 0.1) is 23.0 Å². The molecule has 4 nitrogen and oxygen atoms in total. The Balaban J connectivity index is 2.96. The first-order valence-electron chi connectivity index (χ1n) is 3.45. The fourth-order valence-electron chi connectivity index (χ4n) is 0.816. The minimum Gasteiger partial charge on any atom is -0.411 e. The normalized spacial score (nSPS) is 12.6. The van der Waals surface area contributed by atoms with E-state index in [0.29, 0.717) is 5.02 Å². The number of oxime groups is 1. The van der Waals surface area contributed by atoms with Crippen molar-refractivity contribution in [2.24, 2.45) is 5.16 Å². The Labute approximate surface area is 75.4 Å². The molecule has 0 aliphatic rings. The number of hydrogen-bond donors (Lipinski definition) is 1. The molecule has 0 unspecified atom stereocenters. The zero-order valence-electron chi connectivity index (χ0n) is 6.90. The first-order valence-corrected chi connectivity index (χ1v) is 3.83. The van der Waals surface area contributed by atoms with Crippen LogP contribution in [0.3, 0.4) is 0 Å². The van der Waals surface area contributed by atoms with Crippen molar-refractivity contribution in [2.45, 2.75) is 19.4 Å². The van der Waals surface area contributed by atoms with Gasteiger partial charge >= 0.3 is 0 Å². The molecule has 0 aliphatic heterocycles. The Morgan fingerprint density at radius 3 is 2.83 bits per heavy atom. The summed E-state index contributed by atoms with van der Waals surface area (Å²) in [5.41, 5.74) is -0.456. The molecule has 1 heterocycles. The second-order valence-electron chi connectivity index (χ2n) is 3.00. The molecule has 0 atom stereocenters. The van der Waals surface area contributed by atoms with E-state index >= 15 is 0 Å². The Morgan fingerprint density at radius 1 is 1.75 bits per heavy atom. The number of aromatic nitrogens is 2. The summed E-state index contributed by atoms with van der Waals surface area (Å²) in [7, 11) is 0. The van der Waals surface area contributed by atoms with Gasteiger partial charge in [-0.15, -0.1) is 0 Å². The van der Waals surface area contributed by atoms with Crippen LogP contribution in [0.5, 0.6) is 0 Å². The van der Waals surface area contributed by atoms with Gasteiger partial charge in [0.2, 0.25) is 0 Å². The van der Waals surface area contributed by atoms with E-state index in [1.54, 1.807) is 10.9 Å². The van der Waals surface area contributed by atoms with E-state index in [4.69, 9.17) is 16.8 Å². The van der Waals surface area contributed by atoms with E-state index in [1.165, 1.54) is 12.4 Å². The van der Waals surface area contributed by atoms with Crippen molar-refractivity contribution in [3.05, 3.63) is 17.4 Å².